The van der Waals surface area contributed by atoms with Crippen molar-refractivity contribution in [2.75, 3.05) is 33.8 Å². The lowest BCUT2D eigenvalue weighted by molar-refractivity contribution is 0.161. The molecule has 76 valence electrons. The number of piperidine rings is 1. The first-order chi connectivity index (χ1) is 6.22. The summed E-state index contributed by atoms with van der Waals surface area (Å²) in [4.78, 5) is 13.1. The lowest BCUT2D eigenvalue weighted by Crippen LogP contribution is -2.39. The standard InChI is InChI=1S/C9H18N2O2/c1-11-5-3-4-8(7-11)6-10-9(12)13-2/h8H,3-7H2,1-2H3,(H,10,12). The van der Waals surface area contributed by atoms with Crippen molar-refractivity contribution in [2.45, 2.75) is 12.8 Å². The van der Waals surface area contributed by atoms with E-state index in [-0.39, 0.29) is 6.09 Å². The number of carbonyl (C=O) groups is 1. The number of likely N-dealkylation sites (tertiary alicyclic amines) is 1. The maximum absolute atomic E-state index is 10.8. The molecule has 0 bridgehead atoms. The van der Waals surface area contributed by atoms with Crippen molar-refractivity contribution in [3.05, 3.63) is 0 Å². The van der Waals surface area contributed by atoms with Gasteiger partial charge in [-0.1, -0.05) is 0 Å². The molecule has 1 atom stereocenters. The average molecular weight is 186 g/mol. The Bertz CT molecular complexity index is 173. The van der Waals surface area contributed by atoms with Gasteiger partial charge in [-0.05, 0) is 32.4 Å². The van der Waals surface area contributed by atoms with Gasteiger partial charge in [-0.2, -0.15) is 0 Å². The molecular weight excluding hydrogens is 168 g/mol. The van der Waals surface area contributed by atoms with Crippen LogP contribution in [-0.2, 0) is 4.74 Å². The van der Waals surface area contributed by atoms with Gasteiger partial charge in [0.2, 0.25) is 0 Å². The second-order valence-electron chi connectivity index (χ2n) is 3.64. The van der Waals surface area contributed by atoms with Crippen LogP contribution in [0.3, 0.4) is 0 Å². The van der Waals surface area contributed by atoms with Crippen LogP contribution in [0.4, 0.5) is 4.79 Å². The molecule has 0 aromatic heterocycles. The second-order valence-corrected chi connectivity index (χ2v) is 3.64. The Morgan fingerprint density at radius 3 is 3.08 bits per heavy atom. The van der Waals surface area contributed by atoms with E-state index in [2.05, 4.69) is 22.0 Å². The molecule has 1 aliphatic rings. The number of nitrogens with zero attached hydrogens (tertiary/aromatic N) is 1. The molecule has 0 aromatic carbocycles. The van der Waals surface area contributed by atoms with Crippen LogP contribution in [0, 0.1) is 5.92 Å². The van der Waals surface area contributed by atoms with E-state index in [1.165, 1.54) is 26.5 Å². The first-order valence-corrected chi connectivity index (χ1v) is 4.72. The molecular formula is C9H18N2O2. The quantitative estimate of drug-likeness (QED) is 0.689. The zero-order valence-corrected chi connectivity index (χ0v) is 8.38. The van der Waals surface area contributed by atoms with E-state index in [9.17, 15) is 4.79 Å². The molecule has 1 unspecified atom stereocenters. The van der Waals surface area contributed by atoms with E-state index in [0.29, 0.717) is 5.92 Å². The number of nitrogens with one attached hydrogen (secondary N) is 1. The summed E-state index contributed by atoms with van der Waals surface area (Å²) in [5.41, 5.74) is 0. The summed E-state index contributed by atoms with van der Waals surface area (Å²) in [5.74, 6) is 0.581. The number of alkyl carbamates (subject to hydrolysis) is 1. The van der Waals surface area contributed by atoms with Crippen molar-refractivity contribution >= 4 is 6.09 Å². The minimum absolute atomic E-state index is 0.326. The number of methoxy groups -OCH3 is 1. The Morgan fingerprint density at radius 2 is 2.46 bits per heavy atom. The Balaban J connectivity index is 2.17. The summed E-state index contributed by atoms with van der Waals surface area (Å²) >= 11 is 0. The Labute approximate surface area is 79.2 Å². The molecule has 0 aromatic rings. The van der Waals surface area contributed by atoms with Gasteiger partial charge in [0.05, 0.1) is 7.11 Å². The molecule has 0 radical (unpaired) electrons. The highest BCUT2D eigenvalue weighted by molar-refractivity contribution is 5.66. The van der Waals surface area contributed by atoms with E-state index >= 15 is 0 Å². The number of rotatable bonds is 2. The van der Waals surface area contributed by atoms with E-state index in [1.807, 2.05) is 0 Å². The molecule has 13 heavy (non-hydrogen) atoms. The maximum Gasteiger partial charge on any atom is 0.406 e. The highest BCUT2D eigenvalue weighted by atomic mass is 16.5. The van der Waals surface area contributed by atoms with Crippen LogP contribution in [0.25, 0.3) is 0 Å². The predicted octanol–water partition coefficient (Wildman–Crippen LogP) is 0.684. The van der Waals surface area contributed by atoms with Crippen molar-refractivity contribution in [2.24, 2.45) is 5.92 Å². The first kappa shape index (κ1) is 10.3. The van der Waals surface area contributed by atoms with E-state index < -0.39 is 0 Å². The molecule has 1 heterocycles. The van der Waals surface area contributed by atoms with Crippen LogP contribution in [0.15, 0.2) is 0 Å². The lowest BCUT2D eigenvalue weighted by atomic mass is 9.99. The zero-order chi connectivity index (χ0) is 9.68. The van der Waals surface area contributed by atoms with E-state index in [0.717, 1.165) is 13.1 Å². The van der Waals surface area contributed by atoms with Crippen LogP contribution in [0.1, 0.15) is 12.8 Å². The SMILES string of the molecule is COC(=O)NCC1CCCN(C)C1. The van der Waals surface area contributed by atoms with Crippen molar-refractivity contribution in [3.63, 3.8) is 0 Å². The first-order valence-electron chi connectivity index (χ1n) is 4.72. The van der Waals surface area contributed by atoms with Crippen LogP contribution < -0.4 is 5.32 Å². The number of amides is 1. The molecule has 0 spiro atoms. The van der Waals surface area contributed by atoms with Crippen LogP contribution >= 0.6 is 0 Å². The van der Waals surface area contributed by atoms with Crippen LogP contribution in [-0.4, -0.2) is 44.8 Å². The monoisotopic (exact) mass is 186 g/mol. The van der Waals surface area contributed by atoms with Gasteiger partial charge in [0.15, 0.2) is 0 Å². The summed E-state index contributed by atoms with van der Waals surface area (Å²) in [6.07, 6.45) is 2.10. The van der Waals surface area contributed by atoms with Gasteiger partial charge in [-0.15, -0.1) is 0 Å². The third-order valence-corrected chi connectivity index (χ3v) is 2.44. The third kappa shape index (κ3) is 3.63. The molecule has 0 aliphatic carbocycles. The third-order valence-electron chi connectivity index (χ3n) is 2.44. The van der Waals surface area contributed by atoms with Gasteiger partial charge < -0.3 is 15.0 Å². The summed E-state index contributed by atoms with van der Waals surface area (Å²) in [7, 11) is 3.51. The minimum atomic E-state index is -0.326. The Morgan fingerprint density at radius 1 is 1.69 bits per heavy atom. The van der Waals surface area contributed by atoms with Gasteiger partial charge in [-0.25, -0.2) is 4.79 Å². The molecule has 0 saturated carbocycles. The normalized spacial score (nSPS) is 24.0. The van der Waals surface area contributed by atoms with Gasteiger partial charge in [0.1, 0.15) is 0 Å². The summed E-state index contributed by atoms with van der Waals surface area (Å²) < 4.78 is 4.50. The van der Waals surface area contributed by atoms with Crippen molar-refractivity contribution in [3.8, 4) is 0 Å². The van der Waals surface area contributed by atoms with Crippen molar-refractivity contribution in [1.82, 2.24) is 10.2 Å². The topological polar surface area (TPSA) is 41.6 Å². The van der Waals surface area contributed by atoms with Gasteiger partial charge in [-0.3, -0.25) is 0 Å². The van der Waals surface area contributed by atoms with Crippen molar-refractivity contribution in [1.29, 1.82) is 0 Å². The molecule has 1 N–H and O–H groups in total. The fraction of sp³-hybridized carbons (Fsp3) is 0.889. The number of carbonyl (C=O) groups excluding carboxylic acids is 1. The van der Waals surface area contributed by atoms with Gasteiger partial charge in [0.25, 0.3) is 0 Å². The molecule has 4 heteroatoms. The minimum Gasteiger partial charge on any atom is -0.453 e. The zero-order valence-electron chi connectivity index (χ0n) is 8.38. The number of ether oxygens (including phenoxy) is 1. The molecule has 1 aliphatic heterocycles. The molecule has 1 fully saturated rings. The van der Waals surface area contributed by atoms with Crippen LogP contribution in [0.5, 0.6) is 0 Å². The summed E-state index contributed by atoms with van der Waals surface area (Å²) in [6, 6.07) is 0. The predicted molar refractivity (Wildman–Crippen MR) is 50.6 cm³/mol. The molecule has 1 saturated heterocycles. The Kier molecular flexibility index (Phi) is 4.02. The smallest absolute Gasteiger partial charge is 0.406 e. The summed E-state index contributed by atoms with van der Waals surface area (Å²) in [5, 5.41) is 2.73. The van der Waals surface area contributed by atoms with E-state index in [4.69, 9.17) is 0 Å². The number of hydrogen-bond donors (Lipinski definition) is 1. The van der Waals surface area contributed by atoms with Crippen molar-refractivity contribution < 1.29 is 9.53 Å². The molecule has 1 rings (SSSR count). The van der Waals surface area contributed by atoms with Crippen LogP contribution in [0.2, 0.25) is 0 Å². The lowest BCUT2D eigenvalue weighted by Gasteiger charge is -2.29. The molecule has 1 amide bonds. The van der Waals surface area contributed by atoms with Gasteiger partial charge >= 0.3 is 6.09 Å². The highest BCUT2D eigenvalue weighted by Crippen LogP contribution is 2.13. The molecule has 4 nitrogen and oxygen atoms in total. The van der Waals surface area contributed by atoms with Gasteiger partial charge in [0, 0.05) is 13.1 Å². The number of hydrogen-bond acceptors (Lipinski definition) is 3. The largest absolute Gasteiger partial charge is 0.453 e. The Hall–Kier alpha value is -0.770. The van der Waals surface area contributed by atoms with E-state index in [1.54, 1.807) is 0 Å². The highest BCUT2D eigenvalue weighted by Gasteiger charge is 2.17. The summed E-state index contributed by atoms with van der Waals surface area (Å²) in [6.45, 7) is 2.98. The maximum atomic E-state index is 10.8. The average Bonchev–Trinajstić information content (AvgIpc) is 2.14. The fourth-order valence-electron chi connectivity index (χ4n) is 1.74. The fourth-order valence-corrected chi connectivity index (χ4v) is 1.74. The second kappa shape index (κ2) is 5.07.